The molecule has 0 amide bonds. The van der Waals surface area contributed by atoms with E-state index in [2.05, 4.69) is 9.72 Å². The molecule has 2 N–H and O–H groups in total. The Labute approximate surface area is 109 Å². The maximum Gasteiger partial charge on any atom is 0.573 e. The van der Waals surface area contributed by atoms with E-state index >= 15 is 0 Å². The van der Waals surface area contributed by atoms with Crippen LogP contribution in [0.25, 0.3) is 0 Å². The molecule has 0 bridgehead atoms. The highest BCUT2D eigenvalue weighted by Crippen LogP contribution is 2.30. The fourth-order valence-corrected chi connectivity index (χ4v) is 1.97. The average Bonchev–Trinajstić information content (AvgIpc) is 2.22. The summed E-state index contributed by atoms with van der Waals surface area (Å²) >= 11 is 1.80. The van der Waals surface area contributed by atoms with E-state index in [4.69, 9.17) is 11.0 Å². The Balaban J connectivity index is 3.22. The molecule has 0 spiro atoms. The summed E-state index contributed by atoms with van der Waals surface area (Å²) in [7, 11) is 0. The van der Waals surface area contributed by atoms with Gasteiger partial charge in [0.1, 0.15) is 0 Å². The van der Waals surface area contributed by atoms with Gasteiger partial charge in [-0.3, -0.25) is 4.98 Å². The number of alkyl halides is 3. The summed E-state index contributed by atoms with van der Waals surface area (Å²) in [5.74, 6) is -0.458. The predicted molar refractivity (Wildman–Crippen MR) is 60.8 cm³/mol. The SMILES string of the molecule is N#CCc1c(OC(F)(F)F)cnc(CN)c1I. The molecule has 0 aromatic carbocycles. The summed E-state index contributed by atoms with van der Waals surface area (Å²) in [5, 5.41) is 8.59. The third kappa shape index (κ3) is 3.71. The molecule has 8 heteroatoms. The van der Waals surface area contributed by atoms with Crippen LogP contribution in [0.4, 0.5) is 13.2 Å². The van der Waals surface area contributed by atoms with Crippen molar-refractivity contribution in [2.24, 2.45) is 5.73 Å². The van der Waals surface area contributed by atoms with Crippen molar-refractivity contribution in [2.45, 2.75) is 19.3 Å². The van der Waals surface area contributed by atoms with Crippen LogP contribution in [0.3, 0.4) is 0 Å². The van der Waals surface area contributed by atoms with Gasteiger partial charge < -0.3 is 10.5 Å². The number of pyridine rings is 1. The second-order valence-corrected chi connectivity index (χ2v) is 4.03. The van der Waals surface area contributed by atoms with E-state index in [-0.39, 0.29) is 18.5 Å². The number of nitrogens with two attached hydrogens (primary N) is 1. The number of hydrogen-bond donors (Lipinski definition) is 1. The van der Waals surface area contributed by atoms with Crippen molar-refractivity contribution < 1.29 is 17.9 Å². The highest BCUT2D eigenvalue weighted by molar-refractivity contribution is 14.1. The highest BCUT2D eigenvalue weighted by atomic mass is 127. The highest BCUT2D eigenvalue weighted by Gasteiger charge is 2.32. The van der Waals surface area contributed by atoms with Gasteiger partial charge in [-0.05, 0) is 22.6 Å². The fraction of sp³-hybridized carbons (Fsp3) is 0.333. The Morgan fingerprint density at radius 1 is 1.53 bits per heavy atom. The molecule has 0 saturated heterocycles. The molecule has 1 rings (SSSR count). The van der Waals surface area contributed by atoms with E-state index in [0.29, 0.717) is 9.26 Å². The number of halogens is 4. The summed E-state index contributed by atoms with van der Waals surface area (Å²) < 4.78 is 40.6. The maximum atomic E-state index is 12.1. The van der Waals surface area contributed by atoms with E-state index < -0.39 is 12.1 Å². The molecule has 0 aliphatic rings. The first kappa shape index (κ1) is 14.0. The minimum atomic E-state index is -4.81. The van der Waals surface area contributed by atoms with Gasteiger partial charge in [-0.1, -0.05) is 0 Å². The predicted octanol–water partition coefficient (Wildman–Crippen LogP) is 2.11. The third-order valence-electron chi connectivity index (χ3n) is 1.83. The summed E-state index contributed by atoms with van der Waals surface area (Å²) in [6, 6.07) is 1.78. The van der Waals surface area contributed by atoms with E-state index in [0.717, 1.165) is 6.20 Å². The van der Waals surface area contributed by atoms with Crippen molar-refractivity contribution in [1.29, 1.82) is 5.26 Å². The van der Waals surface area contributed by atoms with Crippen molar-refractivity contribution in [3.05, 3.63) is 21.0 Å². The van der Waals surface area contributed by atoms with Crippen LogP contribution in [0.15, 0.2) is 6.20 Å². The Hall–Kier alpha value is -1.08. The number of hydrogen-bond acceptors (Lipinski definition) is 4. The van der Waals surface area contributed by atoms with E-state index in [1.165, 1.54) is 0 Å². The third-order valence-corrected chi connectivity index (χ3v) is 3.10. The Morgan fingerprint density at radius 3 is 2.65 bits per heavy atom. The molecule has 1 aromatic rings. The Morgan fingerprint density at radius 2 is 2.18 bits per heavy atom. The fourth-order valence-electron chi connectivity index (χ4n) is 1.15. The van der Waals surface area contributed by atoms with Crippen molar-refractivity contribution in [3.63, 3.8) is 0 Å². The first-order valence-electron chi connectivity index (χ1n) is 4.38. The summed E-state index contributed by atoms with van der Waals surface area (Å²) in [6.07, 6.45) is -4.07. The molecule has 0 atom stereocenters. The van der Waals surface area contributed by atoms with Crippen molar-refractivity contribution >= 4 is 22.6 Å². The van der Waals surface area contributed by atoms with Crippen LogP contribution in [0, 0.1) is 14.9 Å². The molecule has 0 fully saturated rings. The summed E-state index contributed by atoms with van der Waals surface area (Å²) in [4.78, 5) is 3.76. The van der Waals surface area contributed by atoms with Crippen LogP contribution in [0.2, 0.25) is 0 Å². The Bertz CT molecular complexity index is 456. The van der Waals surface area contributed by atoms with Crippen LogP contribution >= 0.6 is 22.6 Å². The van der Waals surface area contributed by atoms with Gasteiger partial charge in [0.05, 0.1) is 24.4 Å². The molecule has 0 aliphatic carbocycles. The minimum Gasteiger partial charge on any atom is -0.404 e. The van der Waals surface area contributed by atoms with Crippen LogP contribution in [-0.2, 0) is 13.0 Å². The van der Waals surface area contributed by atoms with Crippen molar-refractivity contribution in [3.8, 4) is 11.8 Å². The largest absolute Gasteiger partial charge is 0.573 e. The minimum absolute atomic E-state index is 0.0863. The second kappa shape index (κ2) is 5.50. The van der Waals surface area contributed by atoms with Gasteiger partial charge in [0, 0.05) is 15.7 Å². The Kier molecular flexibility index (Phi) is 4.53. The zero-order chi connectivity index (χ0) is 13.1. The van der Waals surface area contributed by atoms with Gasteiger partial charge in [0.15, 0.2) is 5.75 Å². The van der Waals surface area contributed by atoms with E-state index in [9.17, 15) is 13.2 Å². The molecular formula is C9H7F3IN3O. The number of nitriles is 1. The lowest BCUT2D eigenvalue weighted by molar-refractivity contribution is -0.275. The smallest absolute Gasteiger partial charge is 0.404 e. The number of rotatable bonds is 3. The number of aromatic nitrogens is 1. The van der Waals surface area contributed by atoms with Crippen LogP contribution in [0.1, 0.15) is 11.3 Å². The van der Waals surface area contributed by atoms with Gasteiger partial charge in [-0.15, -0.1) is 13.2 Å². The first-order valence-corrected chi connectivity index (χ1v) is 5.46. The molecule has 0 saturated carbocycles. The monoisotopic (exact) mass is 357 g/mol. The van der Waals surface area contributed by atoms with Crippen LogP contribution in [0.5, 0.6) is 5.75 Å². The van der Waals surface area contributed by atoms with Crippen molar-refractivity contribution in [1.82, 2.24) is 4.98 Å². The van der Waals surface area contributed by atoms with Crippen molar-refractivity contribution in [2.75, 3.05) is 0 Å². The van der Waals surface area contributed by atoms with Gasteiger partial charge in [0.2, 0.25) is 0 Å². The molecule has 0 aliphatic heterocycles. The first-order chi connectivity index (χ1) is 7.89. The maximum absolute atomic E-state index is 12.1. The zero-order valence-electron chi connectivity index (χ0n) is 8.38. The van der Waals surface area contributed by atoms with Gasteiger partial charge in [0.25, 0.3) is 0 Å². The molecule has 1 aromatic heterocycles. The molecule has 4 nitrogen and oxygen atoms in total. The number of nitrogens with zero attached hydrogens (tertiary/aromatic N) is 2. The van der Waals surface area contributed by atoms with Gasteiger partial charge in [-0.25, -0.2) is 0 Å². The number of ether oxygens (including phenoxy) is 1. The lowest BCUT2D eigenvalue weighted by Crippen LogP contribution is -2.19. The summed E-state index contributed by atoms with van der Waals surface area (Å²) in [5.41, 5.74) is 5.97. The standard InChI is InChI=1S/C9H7F3IN3O/c10-9(11,12)17-7-4-16-6(3-15)8(13)5(7)1-2-14/h4H,1,3,15H2. The average molecular weight is 357 g/mol. The van der Waals surface area contributed by atoms with E-state index in [1.807, 2.05) is 0 Å². The molecule has 92 valence electrons. The van der Waals surface area contributed by atoms with Crippen LogP contribution in [-0.4, -0.2) is 11.3 Å². The van der Waals surface area contributed by atoms with Crippen LogP contribution < -0.4 is 10.5 Å². The molecule has 1 heterocycles. The lowest BCUT2D eigenvalue weighted by Gasteiger charge is -2.14. The second-order valence-electron chi connectivity index (χ2n) is 2.95. The van der Waals surface area contributed by atoms with Gasteiger partial charge in [-0.2, -0.15) is 5.26 Å². The molecule has 0 unspecified atom stereocenters. The summed E-state index contributed by atoms with van der Waals surface area (Å²) in [6.45, 7) is 0.0863. The zero-order valence-corrected chi connectivity index (χ0v) is 10.5. The molecule has 17 heavy (non-hydrogen) atoms. The quantitative estimate of drug-likeness (QED) is 0.842. The van der Waals surface area contributed by atoms with Gasteiger partial charge >= 0.3 is 6.36 Å². The molecule has 0 radical (unpaired) electrons. The topological polar surface area (TPSA) is 71.9 Å². The molecular weight excluding hydrogens is 350 g/mol. The van der Waals surface area contributed by atoms with E-state index in [1.54, 1.807) is 28.7 Å². The normalized spacial score (nSPS) is 11.1. The lowest BCUT2D eigenvalue weighted by atomic mass is 10.1.